The van der Waals surface area contributed by atoms with Crippen molar-refractivity contribution in [3.05, 3.63) is 88.1 Å². The van der Waals surface area contributed by atoms with Crippen molar-refractivity contribution in [1.29, 1.82) is 0 Å². The number of nitrogens with zero attached hydrogens (tertiary/aromatic N) is 5. The molecule has 0 amide bonds. The number of likely N-dealkylation sites (tertiary alicyclic amines) is 2. The van der Waals surface area contributed by atoms with E-state index in [-0.39, 0.29) is 6.61 Å². The highest BCUT2D eigenvalue weighted by atomic mass is 35.5. The fraction of sp³-hybridized carbons (Fsp3) is 0.441. The first-order chi connectivity index (χ1) is 21.3. The zero-order valence-electron chi connectivity index (χ0n) is 25.1. The number of ether oxygens (including phenoxy) is 1. The highest BCUT2D eigenvalue weighted by Gasteiger charge is 2.25. The third kappa shape index (κ3) is 7.22. The summed E-state index contributed by atoms with van der Waals surface area (Å²) in [6.45, 7) is 5.73. The molecule has 4 aromatic rings. The van der Waals surface area contributed by atoms with Crippen LogP contribution in [0.5, 0.6) is 5.88 Å². The van der Waals surface area contributed by atoms with Crippen molar-refractivity contribution in [1.82, 2.24) is 24.3 Å². The average Bonchev–Trinajstić information content (AvgIpc) is 3.36. The number of rotatable bonds is 10. The Morgan fingerprint density at radius 1 is 1.02 bits per heavy atom. The summed E-state index contributed by atoms with van der Waals surface area (Å²) in [4.78, 5) is 26.3. The summed E-state index contributed by atoms with van der Waals surface area (Å²) in [6, 6.07) is 15.6. The van der Waals surface area contributed by atoms with E-state index in [1.54, 1.807) is 30.3 Å². The molecule has 0 aliphatic carbocycles. The molecule has 2 aromatic carbocycles. The van der Waals surface area contributed by atoms with Gasteiger partial charge in [-0.2, -0.15) is 0 Å². The van der Waals surface area contributed by atoms with Gasteiger partial charge in [-0.3, -0.25) is 4.90 Å². The predicted molar refractivity (Wildman–Crippen MR) is 169 cm³/mol. The van der Waals surface area contributed by atoms with Gasteiger partial charge < -0.3 is 19.3 Å². The molecule has 2 aliphatic rings. The first kappa shape index (κ1) is 30.5. The molecule has 0 radical (unpaired) electrons. The van der Waals surface area contributed by atoms with Crippen LogP contribution in [0.2, 0.25) is 5.02 Å². The second-order valence-electron chi connectivity index (χ2n) is 12.2. The summed E-state index contributed by atoms with van der Waals surface area (Å²) in [7, 11) is 2.18. The molecule has 2 fully saturated rings. The van der Waals surface area contributed by atoms with E-state index in [2.05, 4.69) is 21.4 Å². The van der Waals surface area contributed by atoms with Crippen molar-refractivity contribution in [2.75, 3.05) is 33.2 Å². The monoisotopic (exact) mass is 619 g/mol. The topological polar surface area (TPSA) is 83.7 Å². The van der Waals surface area contributed by atoms with E-state index in [0.717, 1.165) is 81.1 Å². The number of hydrogen-bond donors (Lipinski definition) is 1. The molecule has 44 heavy (non-hydrogen) atoms. The van der Waals surface area contributed by atoms with Crippen LogP contribution in [0.15, 0.2) is 54.6 Å². The van der Waals surface area contributed by atoms with E-state index in [0.29, 0.717) is 33.9 Å². The van der Waals surface area contributed by atoms with E-state index in [1.807, 2.05) is 18.2 Å². The number of aryl methyl sites for hydroxylation is 1. The number of hydrogen-bond acceptors (Lipinski definition) is 6. The molecular weight excluding hydrogens is 581 g/mol. The second-order valence-corrected chi connectivity index (χ2v) is 12.6. The van der Waals surface area contributed by atoms with Crippen molar-refractivity contribution in [2.24, 2.45) is 5.92 Å². The minimum absolute atomic E-state index is 0.0880. The largest absolute Gasteiger partial charge is 0.478 e. The Labute approximate surface area is 262 Å². The van der Waals surface area contributed by atoms with Crippen molar-refractivity contribution in [2.45, 2.75) is 57.7 Å². The third-order valence-corrected chi connectivity index (χ3v) is 9.42. The molecular formula is C34H39ClFN5O3. The lowest BCUT2D eigenvalue weighted by atomic mass is 9.93. The molecule has 0 saturated carbocycles. The number of aromatic nitrogens is 3. The number of carboxylic acids is 1. The quantitative estimate of drug-likeness (QED) is 0.214. The van der Waals surface area contributed by atoms with Crippen molar-refractivity contribution < 1.29 is 19.0 Å². The van der Waals surface area contributed by atoms with Gasteiger partial charge in [-0.15, -0.1) is 0 Å². The lowest BCUT2D eigenvalue weighted by Crippen LogP contribution is -2.34. The standard InChI is InChI=1S/C34H39ClFN5O3/c1-39-14-9-23(10-15-39)11-18-41-31-19-25(34(42)43)6-8-30(31)37-32(41)21-40-16-12-24(13-17-40)29-3-2-4-33(38-29)44-22-26-5-7-27(35)20-28(26)36/h2-8,19-20,23-24H,9-18,21-22H2,1H3,(H,42,43). The van der Waals surface area contributed by atoms with E-state index in [9.17, 15) is 14.3 Å². The fourth-order valence-corrected chi connectivity index (χ4v) is 6.61. The molecule has 0 bridgehead atoms. The van der Waals surface area contributed by atoms with Gasteiger partial charge in [0.05, 0.1) is 23.1 Å². The number of halogens is 2. The van der Waals surface area contributed by atoms with Gasteiger partial charge in [0.1, 0.15) is 18.2 Å². The number of aromatic carboxylic acids is 1. The Morgan fingerprint density at radius 3 is 2.57 bits per heavy atom. The van der Waals surface area contributed by atoms with Crippen LogP contribution in [0.25, 0.3) is 11.0 Å². The Balaban J connectivity index is 1.10. The van der Waals surface area contributed by atoms with Crippen LogP contribution in [0.3, 0.4) is 0 Å². The lowest BCUT2D eigenvalue weighted by Gasteiger charge is -2.32. The third-order valence-electron chi connectivity index (χ3n) is 9.18. The number of carbonyl (C=O) groups is 1. The van der Waals surface area contributed by atoms with Crippen molar-refractivity contribution in [3.63, 3.8) is 0 Å². The summed E-state index contributed by atoms with van der Waals surface area (Å²) in [6.07, 6.45) is 5.39. The number of imidazole rings is 1. The SMILES string of the molecule is CN1CCC(CCn2c(CN3CCC(c4cccc(OCc5ccc(Cl)cc5F)n4)CC3)nc3ccc(C(=O)O)cc32)CC1. The van der Waals surface area contributed by atoms with Crippen LogP contribution in [-0.4, -0.2) is 68.6 Å². The van der Waals surface area contributed by atoms with Crippen LogP contribution in [0.4, 0.5) is 4.39 Å². The minimum Gasteiger partial charge on any atom is -0.478 e. The maximum absolute atomic E-state index is 14.2. The van der Waals surface area contributed by atoms with Crippen LogP contribution >= 0.6 is 11.6 Å². The molecule has 4 heterocycles. The summed E-state index contributed by atoms with van der Waals surface area (Å²) in [5.41, 5.74) is 3.48. The number of piperidine rings is 2. The molecule has 6 rings (SSSR count). The highest BCUT2D eigenvalue weighted by molar-refractivity contribution is 6.30. The Hall–Kier alpha value is -3.53. The van der Waals surface area contributed by atoms with E-state index >= 15 is 0 Å². The molecule has 232 valence electrons. The molecule has 2 aromatic heterocycles. The van der Waals surface area contributed by atoms with Gasteiger partial charge >= 0.3 is 5.97 Å². The molecule has 0 atom stereocenters. The number of carboxylic acid groups (broad SMARTS) is 1. The van der Waals surface area contributed by atoms with E-state index < -0.39 is 11.8 Å². The zero-order valence-corrected chi connectivity index (χ0v) is 25.8. The Bertz CT molecular complexity index is 1610. The van der Waals surface area contributed by atoms with Crippen LogP contribution in [0, 0.1) is 11.7 Å². The van der Waals surface area contributed by atoms with E-state index in [1.165, 1.54) is 18.9 Å². The van der Waals surface area contributed by atoms with Crippen LogP contribution < -0.4 is 4.74 Å². The average molecular weight is 620 g/mol. The van der Waals surface area contributed by atoms with Gasteiger partial charge in [0, 0.05) is 34.8 Å². The summed E-state index contributed by atoms with van der Waals surface area (Å²) < 4.78 is 22.3. The molecule has 1 N–H and O–H groups in total. The van der Waals surface area contributed by atoms with Crippen LogP contribution in [-0.2, 0) is 19.7 Å². The fourth-order valence-electron chi connectivity index (χ4n) is 6.45. The van der Waals surface area contributed by atoms with Gasteiger partial charge in [0.15, 0.2) is 0 Å². The van der Waals surface area contributed by atoms with Gasteiger partial charge in [0.2, 0.25) is 5.88 Å². The molecule has 10 heteroatoms. The van der Waals surface area contributed by atoms with Gasteiger partial charge in [-0.25, -0.2) is 19.2 Å². The second kappa shape index (κ2) is 13.6. The van der Waals surface area contributed by atoms with E-state index in [4.69, 9.17) is 26.3 Å². The first-order valence-corrected chi connectivity index (χ1v) is 15.9. The van der Waals surface area contributed by atoms with Crippen LogP contribution in [0.1, 0.15) is 65.5 Å². The molecule has 2 saturated heterocycles. The Morgan fingerprint density at radius 2 is 1.82 bits per heavy atom. The smallest absolute Gasteiger partial charge is 0.335 e. The highest BCUT2D eigenvalue weighted by Crippen LogP contribution is 2.30. The summed E-state index contributed by atoms with van der Waals surface area (Å²) in [5.74, 6) is 1.16. The van der Waals surface area contributed by atoms with Gasteiger partial charge in [0.25, 0.3) is 0 Å². The predicted octanol–water partition coefficient (Wildman–Crippen LogP) is 6.61. The van der Waals surface area contributed by atoms with Gasteiger partial charge in [-0.05, 0) is 108 Å². The number of pyridine rings is 1. The summed E-state index contributed by atoms with van der Waals surface area (Å²) in [5, 5.41) is 9.98. The van der Waals surface area contributed by atoms with Crippen molar-refractivity contribution >= 4 is 28.6 Å². The molecule has 2 aliphatic heterocycles. The lowest BCUT2D eigenvalue weighted by molar-refractivity contribution is 0.0697. The zero-order chi connectivity index (χ0) is 30.6. The summed E-state index contributed by atoms with van der Waals surface area (Å²) >= 11 is 5.86. The number of benzene rings is 2. The van der Waals surface area contributed by atoms with Crippen molar-refractivity contribution in [3.8, 4) is 5.88 Å². The first-order valence-electron chi connectivity index (χ1n) is 15.5. The number of fused-ring (bicyclic) bond motifs is 1. The maximum atomic E-state index is 14.2. The van der Waals surface area contributed by atoms with Gasteiger partial charge in [-0.1, -0.05) is 23.7 Å². The Kier molecular flexibility index (Phi) is 9.44. The molecule has 8 nitrogen and oxygen atoms in total. The molecule has 0 spiro atoms. The minimum atomic E-state index is -0.918. The molecule has 0 unspecified atom stereocenters. The normalized spacial score (nSPS) is 17.3. The maximum Gasteiger partial charge on any atom is 0.335 e.